The van der Waals surface area contributed by atoms with Gasteiger partial charge in [-0.25, -0.2) is 8.42 Å². The molecule has 0 heterocycles. The fourth-order valence-electron chi connectivity index (χ4n) is 1.11. The summed E-state index contributed by atoms with van der Waals surface area (Å²) in [5, 5.41) is 0.493. The Labute approximate surface area is 111 Å². The van der Waals surface area contributed by atoms with Gasteiger partial charge in [0.1, 0.15) is 0 Å². The molecule has 0 fully saturated rings. The molecule has 1 aromatic carbocycles. The van der Waals surface area contributed by atoms with Crippen LogP contribution in [0.5, 0.6) is 0 Å². The lowest BCUT2D eigenvalue weighted by atomic mass is 10.1. The second kappa shape index (κ2) is 4.87. The molecule has 92 valence electrons. The Morgan fingerprint density at radius 1 is 1.24 bits per heavy atom. The number of benzene rings is 1. The molecule has 0 aliphatic carbocycles. The van der Waals surface area contributed by atoms with Crippen LogP contribution in [0.3, 0.4) is 0 Å². The number of hydrogen-bond donors (Lipinski definition) is 1. The predicted octanol–water partition coefficient (Wildman–Crippen LogP) is 2.68. The van der Waals surface area contributed by atoms with Crippen molar-refractivity contribution in [2.75, 3.05) is 0 Å². The van der Waals surface area contributed by atoms with Gasteiger partial charge < -0.3 is 0 Å². The van der Waals surface area contributed by atoms with Gasteiger partial charge in [-0.15, -0.1) is 6.42 Å². The molecular formula is C11H11Cl2NO2S. The van der Waals surface area contributed by atoms with E-state index in [4.69, 9.17) is 29.6 Å². The molecule has 0 aromatic heterocycles. The van der Waals surface area contributed by atoms with Gasteiger partial charge in [0.2, 0.25) is 10.0 Å². The Hall–Kier alpha value is -0.730. The summed E-state index contributed by atoms with van der Waals surface area (Å²) in [5.74, 6) is 2.34. The van der Waals surface area contributed by atoms with E-state index in [0.717, 1.165) is 0 Å². The van der Waals surface area contributed by atoms with Gasteiger partial charge in [0.05, 0.1) is 10.4 Å². The zero-order valence-electron chi connectivity index (χ0n) is 9.29. The summed E-state index contributed by atoms with van der Waals surface area (Å²) < 4.78 is 26.3. The van der Waals surface area contributed by atoms with E-state index in [2.05, 4.69) is 10.6 Å². The highest BCUT2D eigenvalue weighted by molar-refractivity contribution is 7.89. The van der Waals surface area contributed by atoms with E-state index in [0.29, 0.717) is 0 Å². The van der Waals surface area contributed by atoms with Gasteiger partial charge in [-0.2, -0.15) is 4.72 Å². The zero-order valence-corrected chi connectivity index (χ0v) is 11.6. The van der Waals surface area contributed by atoms with E-state index in [1.165, 1.54) is 18.2 Å². The van der Waals surface area contributed by atoms with E-state index in [-0.39, 0.29) is 14.9 Å². The molecule has 1 aromatic rings. The third kappa shape index (κ3) is 3.90. The van der Waals surface area contributed by atoms with E-state index in [9.17, 15) is 8.42 Å². The van der Waals surface area contributed by atoms with Gasteiger partial charge in [-0.05, 0) is 32.0 Å². The maximum absolute atomic E-state index is 12.0. The summed E-state index contributed by atoms with van der Waals surface area (Å²) in [7, 11) is -3.74. The van der Waals surface area contributed by atoms with Crippen molar-refractivity contribution in [2.24, 2.45) is 0 Å². The van der Waals surface area contributed by atoms with Crippen LogP contribution in [0.1, 0.15) is 13.8 Å². The van der Waals surface area contributed by atoms with Gasteiger partial charge in [-0.3, -0.25) is 0 Å². The molecule has 3 nitrogen and oxygen atoms in total. The van der Waals surface area contributed by atoms with Crippen LogP contribution >= 0.6 is 23.2 Å². The molecule has 0 saturated heterocycles. The third-order valence-electron chi connectivity index (χ3n) is 1.90. The highest BCUT2D eigenvalue weighted by atomic mass is 35.5. The quantitative estimate of drug-likeness (QED) is 0.871. The first-order valence-electron chi connectivity index (χ1n) is 4.64. The predicted molar refractivity (Wildman–Crippen MR) is 69.7 cm³/mol. The third-order valence-corrected chi connectivity index (χ3v) is 3.97. The van der Waals surface area contributed by atoms with Crippen molar-refractivity contribution >= 4 is 33.2 Å². The van der Waals surface area contributed by atoms with Crippen LogP contribution in [0.15, 0.2) is 23.1 Å². The first kappa shape index (κ1) is 14.3. The maximum Gasteiger partial charge on any atom is 0.241 e. The largest absolute Gasteiger partial charge is 0.241 e. The minimum absolute atomic E-state index is 0.0154. The lowest BCUT2D eigenvalue weighted by molar-refractivity contribution is 0.539. The fourth-order valence-corrected chi connectivity index (χ4v) is 3.18. The number of nitrogens with one attached hydrogen (secondary N) is 1. The molecule has 0 unspecified atom stereocenters. The molecule has 6 heteroatoms. The van der Waals surface area contributed by atoms with Gasteiger partial charge in [0.25, 0.3) is 0 Å². The SMILES string of the molecule is C#CC(C)(C)NS(=O)(=O)c1cc(Cl)cc(Cl)c1. The van der Waals surface area contributed by atoms with Crippen molar-refractivity contribution in [3.8, 4) is 12.3 Å². The first-order valence-corrected chi connectivity index (χ1v) is 6.88. The number of hydrogen-bond acceptors (Lipinski definition) is 2. The summed E-state index contributed by atoms with van der Waals surface area (Å²) in [6.07, 6.45) is 5.22. The molecular weight excluding hydrogens is 281 g/mol. The molecule has 1 N–H and O–H groups in total. The van der Waals surface area contributed by atoms with Crippen LogP contribution < -0.4 is 4.72 Å². The van der Waals surface area contributed by atoms with Gasteiger partial charge in [-0.1, -0.05) is 29.1 Å². The molecule has 0 atom stereocenters. The van der Waals surface area contributed by atoms with Crippen molar-refractivity contribution in [1.82, 2.24) is 4.72 Å². The van der Waals surface area contributed by atoms with Crippen LogP contribution in [0.4, 0.5) is 0 Å². The van der Waals surface area contributed by atoms with Crippen LogP contribution in [-0.2, 0) is 10.0 Å². The normalized spacial score (nSPS) is 12.2. The summed E-state index contributed by atoms with van der Waals surface area (Å²) in [6, 6.07) is 4.07. The van der Waals surface area contributed by atoms with E-state index >= 15 is 0 Å². The number of rotatable bonds is 3. The topological polar surface area (TPSA) is 46.2 Å². The first-order chi connectivity index (χ1) is 7.66. The summed E-state index contributed by atoms with van der Waals surface area (Å²) >= 11 is 11.5. The lowest BCUT2D eigenvalue weighted by Crippen LogP contribution is -2.41. The molecule has 0 amide bonds. The Bertz CT molecular complexity index is 553. The van der Waals surface area contributed by atoms with Crippen LogP contribution in [0, 0.1) is 12.3 Å². The Morgan fingerprint density at radius 3 is 2.12 bits per heavy atom. The molecule has 0 saturated carbocycles. The number of sulfonamides is 1. The smallest absolute Gasteiger partial charge is 0.207 e. The van der Waals surface area contributed by atoms with Crippen LogP contribution in [-0.4, -0.2) is 14.0 Å². The molecule has 0 aliphatic rings. The van der Waals surface area contributed by atoms with Gasteiger partial charge in [0, 0.05) is 10.0 Å². The Balaban J connectivity index is 3.20. The molecule has 0 bridgehead atoms. The lowest BCUT2D eigenvalue weighted by Gasteiger charge is -2.19. The van der Waals surface area contributed by atoms with E-state index in [1.54, 1.807) is 13.8 Å². The molecule has 17 heavy (non-hydrogen) atoms. The maximum atomic E-state index is 12.0. The molecule has 1 rings (SSSR count). The Kier molecular flexibility index (Phi) is 4.11. The minimum atomic E-state index is -3.74. The van der Waals surface area contributed by atoms with Crippen molar-refractivity contribution < 1.29 is 8.42 Å². The summed E-state index contributed by atoms with van der Waals surface area (Å²) in [4.78, 5) is -0.0154. The van der Waals surface area contributed by atoms with Gasteiger partial charge in [0.15, 0.2) is 0 Å². The van der Waals surface area contributed by atoms with Crippen LogP contribution in [0.2, 0.25) is 10.0 Å². The molecule has 0 radical (unpaired) electrons. The van der Waals surface area contributed by atoms with Crippen molar-refractivity contribution in [3.05, 3.63) is 28.2 Å². The van der Waals surface area contributed by atoms with E-state index < -0.39 is 15.6 Å². The standard InChI is InChI=1S/C11H11Cl2NO2S/c1-4-11(2,3)14-17(15,16)10-6-8(12)5-9(13)7-10/h1,5-7,14H,2-3H3. The second-order valence-electron chi connectivity index (χ2n) is 3.98. The van der Waals surface area contributed by atoms with Crippen LogP contribution in [0.25, 0.3) is 0 Å². The van der Waals surface area contributed by atoms with Crippen molar-refractivity contribution in [2.45, 2.75) is 24.3 Å². The van der Waals surface area contributed by atoms with Gasteiger partial charge >= 0.3 is 0 Å². The Morgan fingerprint density at radius 2 is 1.71 bits per heavy atom. The highest BCUT2D eigenvalue weighted by Gasteiger charge is 2.24. The highest BCUT2D eigenvalue weighted by Crippen LogP contribution is 2.23. The van der Waals surface area contributed by atoms with E-state index in [1.807, 2.05) is 0 Å². The number of halogens is 2. The monoisotopic (exact) mass is 291 g/mol. The van der Waals surface area contributed by atoms with Crippen molar-refractivity contribution in [1.29, 1.82) is 0 Å². The average molecular weight is 292 g/mol. The van der Waals surface area contributed by atoms with Crippen molar-refractivity contribution in [3.63, 3.8) is 0 Å². The zero-order chi connectivity index (χ0) is 13.3. The second-order valence-corrected chi connectivity index (χ2v) is 6.54. The summed E-state index contributed by atoms with van der Waals surface area (Å²) in [5.41, 5.74) is -0.979. The fraction of sp³-hybridized carbons (Fsp3) is 0.273. The minimum Gasteiger partial charge on any atom is -0.207 e. The average Bonchev–Trinajstić information content (AvgIpc) is 2.14. The summed E-state index contributed by atoms with van der Waals surface area (Å²) in [6.45, 7) is 3.16. The number of terminal acetylenes is 1. The molecule has 0 spiro atoms. The molecule has 0 aliphatic heterocycles.